The lowest BCUT2D eigenvalue weighted by molar-refractivity contribution is 0.254. The zero-order chi connectivity index (χ0) is 19.9. The van der Waals surface area contributed by atoms with E-state index in [1.54, 1.807) is 19.4 Å². The van der Waals surface area contributed by atoms with Crippen molar-refractivity contribution in [1.82, 2.24) is 15.6 Å². The van der Waals surface area contributed by atoms with Crippen LogP contribution in [0.25, 0.3) is 0 Å². The van der Waals surface area contributed by atoms with Crippen molar-refractivity contribution in [3.8, 4) is 11.5 Å². The lowest BCUT2D eigenvalue weighted by Crippen LogP contribution is -2.38. The number of halogens is 2. The van der Waals surface area contributed by atoms with Crippen LogP contribution in [-0.2, 0) is 19.4 Å². The summed E-state index contributed by atoms with van der Waals surface area (Å²) in [5.74, 6) is 2.55. The van der Waals surface area contributed by atoms with Gasteiger partial charge < -0.3 is 20.1 Å². The molecule has 0 bridgehead atoms. The fraction of sp³-hybridized carbons (Fsp3) is 0.429. The highest BCUT2D eigenvalue weighted by Gasteiger charge is 2.21. The van der Waals surface area contributed by atoms with Crippen molar-refractivity contribution in [2.75, 3.05) is 20.2 Å². The van der Waals surface area contributed by atoms with Gasteiger partial charge in [-0.2, -0.15) is 0 Å². The summed E-state index contributed by atoms with van der Waals surface area (Å²) in [6.45, 7) is 6.17. The molecule has 0 radical (unpaired) electrons. The van der Waals surface area contributed by atoms with Gasteiger partial charge in [0.1, 0.15) is 22.8 Å². The molecule has 1 unspecified atom stereocenters. The molecule has 2 heterocycles. The average Bonchev–Trinajstić information content (AvgIpc) is 3.05. The zero-order valence-corrected chi connectivity index (χ0v) is 20.1. The smallest absolute Gasteiger partial charge is 0.191 e. The van der Waals surface area contributed by atoms with Gasteiger partial charge in [-0.05, 0) is 44.0 Å². The minimum Gasteiger partial charge on any atom is -0.496 e. The first-order valence-corrected chi connectivity index (χ1v) is 9.96. The van der Waals surface area contributed by atoms with Crippen LogP contribution in [0, 0.1) is 0 Å². The Bertz CT molecular complexity index is 830. The van der Waals surface area contributed by atoms with Crippen LogP contribution in [0.5, 0.6) is 11.5 Å². The van der Waals surface area contributed by atoms with Gasteiger partial charge >= 0.3 is 0 Å². The molecular formula is C21H28ClIN4O2. The summed E-state index contributed by atoms with van der Waals surface area (Å²) < 4.78 is 11.4. The topological polar surface area (TPSA) is 67.8 Å². The maximum Gasteiger partial charge on any atom is 0.191 e. The highest BCUT2D eigenvalue weighted by molar-refractivity contribution is 14.0. The second kappa shape index (κ2) is 11.4. The quantitative estimate of drug-likeness (QED) is 0.245. The highest BCUT2D eigenvalue weighted by atomic mass is 127. The lowest BCUT2D eigenvalue weighted by Gasteiger charge is -2.13. The van der Waals surface area contributed by atoms with Crippen LogP contribution in [0.2, 0.25) is 5.15 Å². The molecule has 29 heavy (non-hydrogen) atoms. The van der Waals surface area contributed by atoms with Crippen LogP contribution in [0.15, 0.2) is 35.5 Å². The molecule has 8 heteroatoms. The van der Waals surface area contributed by atoms with E-state index >= 15 is 0 Å². The minimum atomic E-state index is 0. The second-order valence-electron chi connectivity index (χ2n) is 6.77. The van der Waals surface area contributed by atoms with Gasteiger partial charge in [0, 0.05) is 36.8 Å². The van der Waals surface area contributed by atoms with E-state index in [-0.39, 0.29) is 30.1 Å². The fourth-order valence-electron chi connectivity index (χ4n) is 3.18. The number of fused-ring (bicyclic) bond motifs is 1. The number of methoxy groups -OCH3 is 1. The number of guanidine groups is 1. The summed E-state index contributed by atoms with van der Waals surface area (Å²) >= 11 is 5.83. The summed E-state index contributed by atoms with van der Waals surface area (Å²) in [5.41, 5.74) is 3.33. The third kappa shape index (κ3) is 6.64. The molecule has 0 saturated carbocycles. The van der Waals surface area contributed by atoms with Crippen molar-refractivity contribution in [2.45, 2.75) is 39.3 Å². The maximum atomic E-state index is 5.87. The van der Waals surface area contributed by atoms with E-state index in [0.29, 0.717) is 11.7 Å². The molecule has 2 N–H and O–H groups in total. The van der Waals surface area contributed by atoms with E-state index in [0.717, 1.165) is 54.5 Å². The molecule has 0 amide bonds. The Kier molecular flexibility index (Phi) is 9.29. The summed E-state index contributed by atoms with van der Waals surface area (Å²) in [6.07, 6.45) is 3.76. The molecule has 0 saturated heterocycles. The fourth-order valence-corrected chi connectivity index (χ4v) is 3.29. The zero-order valence-electron chi connectivity index (χ0n) is 17.0. The van der Waals surface area contributed by atoms with Crippen molar-refractivity contribution in [2.24, 2.45) is 4.99 Å². The highest BCUT2D eigenvalue weighted by Crippen LogP contribution is 2.35. The molecule has 1 aromatic heterocycles. The predicted octanol–water partition coefficient (Wildman–Crippen LogP) is 3.98. The van der Waals surface area contributed by atoms with Crippen molar-refractivity contribution in [1.29, 1.82) is 0 Å². The van der Waals surface area contributed by atoms with Crippen LogP contribution >= 0.6 is 35.6 Å². The molecule has 1 atom stereocenters. The Morgan fingerprint density at radius 2 is 2.17 bits per heavy atom. The number of ether oxygens (including phenoxy) is 2. The molecule has 1 aromatic carbocycles. The second-order valence-corrected chi connectivity index (χ2v) is 7.15. The average molecular weight is 531 g/mol. The molecule has 158 valence electrons. The molecule has 2 aromatic rings. The Labute approximate surface area is 194 Å². The van der Waals surface area contributed by atoms with Gasteiger partial charge in [0.25, 0.3) is 0 Å². The molecular weight excluding hydrogens is 503 g/mol. The molecule has 0 spiro atoms. The van der Waals surface area contributed by atoms with Gasteiger partial charge in [0.05, 0.1) is 13.7 Å². The van der Waals surface area contributed by atoms with Crippen molar-refractivity contribution < 1.29 is 9.47 Å². The monoisotopic (exact) mass is 530 g/mol. The summed E-state index contributed by atoms with van der Waals surface area (Å²) in [5, 5.41) is 7.14. The largest absolute Gasteiger partial charge is 0.496 e. The number of pyridine rings is 1. The molecule has 0 fully saturated rings. The number of aliphatic imine (C=N–C) groups is 1. The first kappa shape index (κ1) is 23.5. The van der Waals surface area contributed by atoms with E-state index in [4.69, 9.17) is 26.1 Å². The first-order valence-electron chi connectivity index (χ1n) is 9.58. The Morgan fingerprint density at radius 1 is 1.34 bits per heavy atom. The Hall–Kier alpha value is -1.74. The summed E-state index contributed by atoms with van der Waals surface area (Å²) in [7, 11) is 1.69. The van der Waals surface area contributed by atoms with Crippen molar-refractivity contribution in [3.05, 3.63) is 52.3 Å². The van der Waals surface area contributed by atoms with Crippen LogP contribution in [0.3, 0.4) is 0 Å². The number of nitrogens with zero attached hydrogens (tertiary/aromatic N) is 2. The summed E-state index contributed by atoms with van der Waals surface area (Å²) in [6, 6.07) is 7.90. The Balaban J connectivity index is 0.00000300. The van der Waals surface area contributed by atoms with Gasteiger partial charge in [0.2, 0.25) is 0 Å². The molecule has 6 nitrogen and oxygen atoms in total. The summed E-state index contributed by atoms with van der Waals surface area (Å²) in [4.78, 5) is 8.81. The molecule has 1 aliphatic heterocycles. The normalized spacial score (nSPS) is 15.2. The predicted molar refractivity (Wildman–Crippen MR) is 128 cm³/mol. The number of benzene rings is 1. The van der Waals surface area contributed by atoms with E-state index in [9.17, 15) is 0 Å². The molecule has 0 aliphatic carbocycles. The number of rotatable bonds is 7. The minimum absolute atomic E-state index is 0. The van der Waals surface area contributed by atoms with E-state index in [2.05, 4.69) is 28.6 Å². The van der Waals surface area contributed by atoms with Gasteiger partial charge in [-0.1, -0.05) is 17.7 Å². The number of nitrogens with one attached hydrogen (secondary N) is 2. The van der Waals surface area contributed by atoms with Gasteiger partial charge in [0.15, 0.2) is 5.96 Å². The maximum absolute atomic E-state index is 5.87. The number of hydrogen-bond donors (Lipinski definition) is 2. The number of aromatic nitrogens is 1. The van der Waals surface area contributed by atoms with Crippen LogP contribution in [-0.4, -0.2) is 37.2 Å². The SMILES string of the molecule is CCNC(=NCc1cc2c(cc1OC)CC(C)O2)NCCc1ccc(Cl)nc1.I. The number of hydrogen-bond acceptors (Lipinski definition) is 4. The Morgan fingerprint density at radius 3 is 2.86 bits per heavy atom. The van der Waals surface area contributed by atoms with Crippen molar-refractivity contribution in [3.63, 3.8) is 0 Å². The van der Waals surface area contributed by atoms with Gasteiger partial charge in [-0.3, -0.25) is 0 Å². The van der Waals surface area contributed by atoms with E-state index in [1.165, 1.54) is 5.56 Å². The van der Waals surface area contributed by atoms with Gasteiger partial charge in [-0.25, -0.2) is 9.98 Å². The van der Waals surface area contributed by atoms with E-state index < -0.39 is 0 Å². The van der Waals surface area contributed by atoms with Gasteiger partial charge in [-0.15, -0.1) is 24.0 Å². The van der Waals surface area contributed by atoms with Crippen LogP contribution in [0.4, 0.5) is 0 Å². The van der Waals surface area contributed by atoms with Crippen LogP contribution < -0.4 is 20.1 Å². The molecule has 1 aliphatic rings. The van der Waals surface area contributed by atoms with Crippen molar-refractivity contribution >= 4 is 41.5 Å². The lowest BCUT2D eigenvalue weighted by atomic mass is 10.1. The first-order chi connectivity index (χ1) is 13.6. The van der Waals surface area contributed by atoms with Crippen LogP contribution in [0.1, 0.15) is 30.5 Å². The molecule has 3 rings (SSSR count). The standard InChI is InChI=1S/C21H27ClN4O2.HI/c1-4-23-21(24-8-7-15-5-6-20(22)25-12-15)26-13-17-11-19-16(9-14(2)28-19)10-18(17)27-3;/h5-6,10-12,14H,4,7-9,13H2,1-3H3,(H2,23,24,26);1H. The van der Waals surface area contributed by atoms with E-state index in [1.807, 2.05) is 19.1 Å². The third-order valence-electron chi connectivity index (χ3n) is 4.55. The third-order valence-corrected chi connectivity index (χ3v) is 4.77.